The van der Waals surface area contributed by atoms with Gasteiger partial charge in [0.25, 0.3) is 0 Å². The average molecular weight is 443 g/mol. The Morgan fingerprint density at radius 2 is 1.77 bits per heavy atom. The van der Waals surface area contributed by atoms with E-state index in [-0.39, 0.29) is 11.7 Å². The SMILES string of the molecule is C=CCC(=O)N(C)OC.CC.CCC1=CSc2ccccc2C(c2ccccc2F)=N1. The van der Waals surface area contributed by atoms with E-state index in [1.54, 1.807) is 30.9 Å². The molecule has 1 aliphatic heterocycles. The number of fused-ring (bicyclic) bond motifs is 1. The zero-order valence-electron chi connectivity index (χ0n) is 18.9. The lowest BCUT2D eigenvalue weighted by Gasteiger charge is -2.11. The van der Waals surface area contributed by atoms with Gasteiger partial charge in [0.15, 0.2) is 0 Å². The first-order valence-electron chi connectivity index (χ1n) is 10.2. The number of hydrogen-bond acceptors (Lipinski definition) is 4. The molecule has 6 heteroatoms. The Morgan fingerprint density at radius 3 is 2.35 bits per heavy atom. The summed E-state index contributed by atoms with van der Waals surface area (Å²) in [7, 11) is 3.01. The molecule has 0 bridgehead atoms. The van der Waals surface area contributed by atoms with Gasteiger partial charge >= 0.3 is 0 Å². The fraction of sp³-hybridized carbons (Fsp3) is 0.280. The lowest BCUT2D eigenvalue weighted by molar-refractivity contribution is -0.167. The third-order valence-electron chi connectivity index (χ3n) is 4.15. The summed E-state index contributed by atoms with van der Waals surface area (Å²) in [5.74, 6) is -0.323. The molecule has 0 unspecified atom stereocenters. The van der Waals surface area contributed by atoms with Gasteiger partial charge in [0, 0.05) is 35.2 Å². The van der Waals surface area contributed by atoms with E-state index in [9.17, 15) is 9.18 Å². The van der Waals surface area contributed by atoms with Crippen molar-refractivity contribution in [3.63, 3.8) is 0 Å². The largest absolute Gasteiger partial charge is 0.275 e. The van der Waals surface area contributed by atoms with Crippen LogP contribution in [-0.4, -0.2) is 30.8 Å². The first-order chi connectivity index (χ1) is 15.0. The van der Waals surface area contributed by atoms with Crippen molar-refractivity contribution in [2.24, 2.45) is 4.99 Å². The molecule has 2 aromatic rings. The van der Waals surface area contributed by atoms with Gasteiger partial charge in [-0.3, -0.25) is 14.6 Å². The van der Waals surface area contributed by atoms with Crippen LogP contribution in [0.2, 0.25) is 0 Å². The molecule has 3 rings (SSSR count). The van der Waals surface area contributed by atoms with Gasteiger partial charge in [-0.1, -0.05) is 68.9 Å². The Morgan fingerprint density at radius 1 is 1.16 bits per heavy atom. The zero-order valence-corrected chi connectivity index (χ0v) is 19.7. The predicted molar refractivity (Wildman–Crippen MR) is 129 cm³/mol. The third-order valence-corrected chi connectivity index (χ3v) is 5.15. The van der Waals surface area contributed by atoms with Crippen LogP contribution in [0.4, 0.5) is 4.39 Å². The van der Waals surface area contributed by atoms with E-state index in [0.29, 0.717) is 12.0 Å². The molecule has 0 saturated carbocycles. The summed E-state index contributed by atoms with van der Waals surface area (Å²) in [6.07, 6.45) is 2.70. The molecule has 0 atom stereocenters. The van der Waals surface area contributed by atoms with Crippen LogP contribution in [0.1, 0.15) is 44.7 Å². The van der Waals surface area contributed by atoms with Gasteiger partial charge in [-0.2, -0.15) is 0 Å². The van der Waals surface area contributed by atoms with Crippen LogP contribution >= 0.6 is 11.8 Å². The van der Waals surface area contributed by atoms with E-state index in [0.717, 1.165) is 28.3 Å². The van der Waals surface area contributed by atoms with E-state index in [1.807, 2.05) is 49.6 Å². The summed E-state index contributed by atoms with van der Waals surface area (Å²) in [5.41, 5.74) is 3.24. The molecule has 166 valence electrons. The number of carbonyl (C=O) groups excluding carboxylic acids is 1. The summed E-state index contributed by atoms with van der Waals surface area (Å²) in [5, 5.41) is 3.22. The molecule has 0 spiro atoms. The van der Waals surface area contributed by atoms with E-state index in [2.05, 4.69) is 23.3 Å². The van der Waals surface area contributed by atoms with Crippen molar-refractivity contribution in [1.29, 1.82) is 0 Å². The molecule has 31 heavy (non-hydrogen) atoms. The number of benzene rings is 2. The predicted octanol–water partition coefficient (Wildman–Crippen LogP) is 6.63. The molecule has 0 aliphatic carbocycles. The number of allylic oxidation sites excluding steroid dienone is 1. The number of amides is 1. The number of hydrogen-bond donors (Lipinski definition) is 0. The highest BCUT2D eigenvalue weighted by molar-refractivity contribution is 8.02. The number of thioether (sulfide) groups is 1. The number of carbonyl (C=O) groups is 1. The lowest BCUT2D eigenvalue weighted by Crippen LogP contribution is -2.24. The summed E-state index contributed by atoms with van der Waals surface area (Å²) in [4.78, 5) is 21.1. The molecule has 0 N–H and O–H groups in total. The molecule has 1 heterocycles. The molecule has 2 aromatic carbocycles. The Bertz CT molecular complexity index is 925. The maximum absolute atomic E-state index is 14.1. The molecule has 0 radical (unpaired) electrons. The van der Waals surface area contributed by atoms with Gasteiger partial charge in [0.05, 0.1) is 12.8 Å². The zero-order chi connectivity index (χ0) is 23.2. The standard InChI is InChI=1S/C17H14FNS.C6H11NO2.C2H6/c1-2-12-11-20-16-10-6-4-8-14(16)17(19-12)13-7-3-5-9-15(13)18;1-4-5-6(8)7(2)9-3;1-2/h3-11H,2H2,1H3;4H,1,5H2,2-3H3;1-2H3. The van der Waals surface area contributed by atoms with E-state index in [1.165, 1.54) is 24.3 Å². The maximum atomic E-state index is 14.1. The van der Waals surface area contributed by atoms with Gasteiger partial charge < -0.3 is 0 Å². The molecule has 1 amide bonds. The smallest absolute Gasteiger partial charge is 0.249 e. The summed E-state index contributed by atoms with van der Waals surface area (Å²) in [6, 6.07) is 14.8. The van der Waals surface area contributed by atoms with Gasteiger partial charge in [-0.05, 0) is 30.0 Å². The van der Waals surface area contributed by atoms with Crippen LogP contribution in [0.5, 0.6) is 0 Å². The van der Waals surface area contributed by atoms with E-state index >= 15 is 0 Å². The second-order valence-corrected chi connectivity index (χ2v) is 6.99. The molecule has 1 aliphatic rings. The Hall–Kier alpha value is -2.70. The number of halogens is 1. The van der Waals surface area contributed by atoms with E-state index in [4.69, 9.17) is 0 Å². The van der Waals surface area contributed by atoms with Crippen LogP contribution < -0.4 is 0 Å². The normalized spacial score (nSPS) is 11.8. The van der Waals surface area contributed by atoms with Gasteiger partial charge in [0.1, 0.15) is 5.82 Å². The van der Waals surface area contributed by atoms with Crippen molar-refractivity contribution in [3.05, 3.63) is 89.2 Å². The molecule has 0 aromatic heterocycles. The van der Waals surface area contributed by atoms with Gasteiger partial charge in [0.2, 0.25) is 5.91 Å². The van der Waals surface area contributed by atoms with Crippen LogP contribution in [0, 0.1) is 5.82 Å². The summed E-state index contributed by atoms with van der Waals surface area (Å²) >= 11 is 1.65. The van der Waals surface area contributed by atoms with Crippen molar-refractivity contribution < 1.29 is 14.0 Å². The maximum Gasteiger partial charge on any atom is 0.249 e. The lowest BCUT2D eigenvalue weighted by atomic mass is 10.0. The quantitative estimate of drug-likeness (QED) is 0.385. The van der Waals surface area contributed by atoms with Crippen LogP contribution in [0.3, 0.4) is 0 Å². The third kappa shape index (κ3) is 7.81. The Kier molecular flexibility index (Phi) is 12.2. The van der Waals surface area contributed by atoms with Gasteiger partial charge in [-0.25, -0.2) is 9.45 Å². The highest BCUT2D eigenvalue weighted by Crippen LogP contribution is 2.32. The molecular weight excluding hydrogens is 411 g/mol. The Labute approximate surface area is 189 Å². The highest BCUT2D eigenvalue weighted by atomic mass is 32.2. The van der Waals surface area contributed by atoms with Crippen molar-refractivity contribution in [3.8, 4) is 0 Å². The number of aliphatic imine (C=N–C) groups is 1. The molecular formula is C25H31FN2O2S. The van der Waals surface area contributed by atoms with Crippen LogP contribution in [0.25, 0.3) is 0 Å². The van der Waals surface area contributed by atoms with Crippen molar-refractivity contribution in [2.75, 3.05) is 14.2 Å². The first-order valence-corrected chi connectivity index (χ1v) is 11.1. The van der Waals surface area contributed by atoms with Crippen molar-refractivity contribution >= 4 is 23.4 Å². The fourth-order valence-corrected chi connectivity index (χ4v) is 3.43. The van der Waals surface area contributed by atoms with Crippen LogP contribution in [0.15, 0.2) is 82.2 Å². The number of hydroxylamine groups is 2. The minimum absolute atomic E-state index is 0.0903. The average Bonchev–Trinajstić information content (AvgIpc) is 3.00. The number of rotatable bonds is 5. The minimum Gasteiger partial charge on any atom is -0.275 e. The second kappa shape index (κ2) is 14.3. The molecule has 0 fully saturated rings. The first kappa shape index (κ1) is 26.3. The van der Waals surface area contributed by atoms with Crippen molar-refractivity contribution in [2.45, 2.75) is 38.5 Å². The van der Waals surface area contributed by atoms with Crippen molar-refractivity contribution in [1.82, 2.24) is 5.06 Å². The second-order valence-electron chi connectivity index (χ2n) is 6.08. The van der Waals surface area contributed by atoms with Crippen LogP contribution in [-0.2, 0) is 9.63 Å². The molecule has 0 saturated heterocycles. The Balaban J connectivity index is 0.000000372. The molecule has 4 nitrogen and oxygen atoms in total. The van der Waals surface area contributed by atoms with E-state index < -0.39 is 0 Å². The monoisotopic (exact) mass is 442 g/mol. The summed E-state index contributed by atoms with van der Waals surface area (Å²) in [6.45, 7) is 9.47. The van der Waals surface area contributed by atoms with Gasteiger partial charge in [-0.15, -0.1) is 6.58 Å². The topological polar surface area (TPSA) is 41.9 Å². The highest BCUT2D eigenvalue weighted by Gasteiger charge is 2.17. The minimum atomic E-state index is -0.233. The summed E-state index contributed by atoms with van der Waals surface area (Å²) < 4.78 is 14.1. The fourth-order valence-electron chi connectivity index (χ4n) is 2.50. The number of nitrogens with zero attached hydrogens (tertiary/aromatic N) is 2.